The van der Waals surface area contributed by atoms with E-state index in [0.717, 1.165) is 5.39 Å². The van der Waals surface area contributed by atoms with Crippen molar-refractivity contribution >= 4 is 26.5 Å². The largest absolute Gasteiger partial charge is 0.468 e. The fourth-order valence-corrected chi connectivity index (χ4v) is 3.38. The highest BCUT2D eigenvalue weighted by Gasteiger charge is 2.17. The van der Waals surface area contributed by atoms with Crippen molar-refractivity contribution in [3.8, 4) is 0 Å². The topological polar surface area (TPSA) is 85.3 Å². The molecule has 0 unspecified atom stereocenters. The van der Waals surface area contributed by atoms with Gasteiger partial charge < -0.3 is 10.2 Å². The summed E-state index contributed by atoms with van der Waals surface area (Å²) in [6.07, 6.45) is 1.50. The van der Waals surface area contributed by atoms with Crippen molar-refractivity contribution in [2.75, 3.05) is 5.73 Å². The lowest BCUT2D eigenvalue weighted by Crippen LogP contribution is -2.23. The van der Waals surface area contributed by atoms with Crippen LogP contribution in [0.1, 0.15) is 5.76 Å². The SMILES string of the molecule is Nc1ccc2c(S(=O)(=O)NCc3ccco3)cccc2c1. The van der Waals surface area contributed by atoms with E-state index in [1.54, 1.807) is 42.5 Å². The van der Waals surface area contributed by atoms with Gasteiger partial charge in [0.05, 0.1) is 17.7 Å². The predicted octanol–water partition coefficient (Wildman–Crippen LogP) is 2.49. The molecule has 3 N–H and O–H groups in total. The summed E-state index contributed by atoms with van der Waals surface area (Å²) in [5, 5.41) is 1.43. The first-order valence-electron chi connectivity index (χ1n) is 6.36. The molecule has 5 nitrogen and oxygen atoms in total. The first-order chi connectivity index (χ1) is 10.1. The van der Waals surface area contributed by atoms with Crippen LogP contribution in [-0.4, -0.2) is 8.42 Å². The average Bonchev–Trinajstić information content (AvgIpc) is 2.97. The van der Waals surface area contributed by atoms with Crippen molar-refractivity contribution in [3.63, 3.8) is 0 Å². The monoisotopic (exact) mass is 302 g/mol. The van der Waals surface area contributed by atoms with Gasteiger partial charge in [-0.05, 0) is 35.7 Å². The number of furan rings is 1. The number of benzene rings is 2. The van der Waals surface area contributed by atoms with Gasteiger partial charge in [-0.3, -0.25) is 0 Å². The number of nitrogens with one attached hydrogen (secondary N) is 1. The zero-order valence-electron chi connectivity index (χ0n) is 11.1. The molecule has 0 aliphatic heterocycles. The molecular weight excluding hydrogens is 288 g/mol. The Morgan fingerprint density at radius 2 is 1.95 bits per heavy atom. The highest BCUT2D eigenvalue weighted by atomic mass is 32.2. The summed E-state index contributed by atoms with van der Waals surface area (Å²) >= 11 is 0. The van der Waals surface area contributed by atoms with Crippen LogP contribution in [-0.2, 0) is 16.6 Å². The summed E-state index contributed by atoms with van der Waals surface area (Å²) in [5.74, 6) is 0.558. The number of nitrogen functional groups attached to an aromatic ring is 1. The fourth-order valence-electron chi connectivity index (χ4n) is 2.16. The summed E-state index contributed by atoms with van der Waals surface area (Å²) in [6, 6.07) is 13.7. The predicted molar refractivity (Wildman–Crippen MR) is 81.1 cm³/mol. The van der Waals surface area contributed by atoms with Crippen LogP contribution in [0.3, 0.4) is 0 Å². The molecule has 3 aromatic rings. The van der Waals surface area contributed by atoms with Crippen LogP contribution in [0.4, 0.5) is 5.69 Å². The molecule has 2 aromatic carbocycles. The molecule has 3 rings (SSSR count). The third-order valence-electron chi connectivity index (χ3n) is 3.17. The van der Waals surface area contributed by atoms with Crippen molar-refractivity contribution in [2.45, 2.75) is 11.4 Å². The van der Waals surface area contributed by atoms with Crippen molar-refractivity contribution in [1.82, 2.24) is 4.72 Å². The molecule has 0 amide bonds. The smallest absolute Gasteiger partial charge is 0.241 e. The number of nitrogens with two attached hydrogens (primary N) is 1. The molecule has 6 heteroatoms. The van der Waals surface area contributed by atoms with Crippen molar-refractivity contribution < 1.29 is 12.8 Å². The van der Waals surface area contributed by atoms with Gasteiger partial charge in [0.15, 0.2) is 0 Å². The fraction of sp³-hybridized carbons (Fsp3) is 0.0667. The number of sulfonamides is 1. The molecular formula is C15H14N2O3S. The zero-order valence-corrected chi connectivity index (χ0v) is 11.9. The van der Waals surface area contributed by atoms with Crippen LogP contribution in [0.15, 0.2) is 64.1 Å². The van der Waals surface area contributed by atoms with E-state index in [0.29, 0.717) is 16.8 Å². The molecule has 0 saturated carbocycles. The van der Waals surface area contributed by atoms with Gasteiger partial charge in [0.25, 0.3) is 0 Å². The molecule has 0 spiro atoms. The molecule has 1 aromatic heterocycles. The van der Waals surface area contributed by atoms with E-state index in [9.17, 15) is 8.42 Å². The normalized spacial score (nSPS) is 11.8. The lowest BCUT2D eigenvalue weighted by Gasteiger charge is -2.09. The van der Waals surface area contributed by atoms with Crippen LogP contribution >= 0.6 is 0 Å². The van der Waals surface area contributed by atoms with E-state index >= 15 is 0 Å². The van der Waals surface area contributed by atoms with Gasteiger partial charge in [-0.15, -0.1) is 0 Å². The standard InChI is InChI=1S/C15H14N2O3S/c16-12-6-7-14-11(9-12)3-1-5-15(14)21(18,19)17-10-13-4-2-8-20-13/h1-9,17H,10,16H2. The van der Waals surface area contributed by atoms with E-state index in [-0.39, 0.29) is 11.4 Å². The molecule has 0 saturated heterocycles. The molecule has 0 fully saturated rings. The highest BCUT2D eigenvalue weighted by molar-refractivity contribution is 7.89. The van der Waals surface area contributed by atoms with Crippen LogP contribution < -0.4 is 10.5 Å². The van der Waals surface area contributed by atoms with Gasteiger partial charge in [0.2, 0.25) is 10.0 Å². The molecule has 1 heterocycles. The molecule has 0 bridgehead atoms. The Morgan fingerprint density at radius 1 is 1.10 bits per heavy atom. The van der Waals surface area contributed by atoms with E-state index < -0.39 is 10.0 Å². The maximum Gasteiger partial charge on any atom is 0.241 e. The van der Waals surface area contributed by atoms with Gasteiger partial charge in [-0.2, -0.15) is 0 Å². The number of hydrogen-bond acceptors (Lipinski definition) is 4. The van der Waals surface area contributed by atoms with Gasteiger partial charge >= 0.3 is 0 Å². The first kappa shape index (κ1) is 13.7. The van der Waals surface area contributed by atoms with Gasteiger partial charge in [0, 0.05) is 11.1 Å². The second kappa shape index (κ2) is 5.23. The second-order valence-electron chi connectivity index (χ2n) is 4.64. The first-order valence-corrected chi connectivity index (χ1v) is 7.85. The zero-order chi connectivity index (χ0) is 14.9. The third-order valence-corrected chi connectivity index (χ3v) is 4.63. The van der Waals surface area contributed by atoms with E-state index in [1.165, 1.54) is 6.26 Å². The Balaban J connectivity index is 1.98. The maximum absolute atomic E-state index is 12.4. The Labute approximate surface area is 122 Å². The lowest BCUT2D eigenvalue weighted by atomic mass is 10.1. The number of hydrogen-bond donors (Lipinski definition) is 2. The average molecular weight is 302 g/mol. The molecule has 0 aliphatic rings. The molecule has 0 radical (unpaired) electrons. The minimum Gasteiger partial charge on any atom is -0.468 e. The van der Waals surface area contributed by atoms with Crippen molar-refractivity contribution in [2.24, 2.45) is 0 Å². The maximum atomic E-state index is 12.4. The van der Waals surface area contributed by atoms with Crippen LogP contribution in [0.25, 0.3) is 10.8 Å². The molecule has 0 aliphatic carbocycles. The Kier molecular flexibility index (Phi) is 3.40. The highest BCUT2D eigenvalue weighted by Crippen LogP contribution is 2.24. The number of fused-ring (bicyclic) bond motifs is 1. The summed E-state index contributed by atoms with van der Waals surface area (Å²) in [5.41, 5.74) is 6.33. The van der Waals surface area contributed by atoms with Crippen molar-refractivity contribution in [3.05, 3.63) is 60.6 Å². The van der Waals surface area contributed by atoms with Gasteiger partial charge in [-0.1, -0.05) is 18.2 Å². The Morgan fingerprint density at radius 3 is 2.71 bits per heavy atom. The van der Waals surface area contributed by atoms with E-state index in [4.69, 9.17) is 10.2 Å². The number of rotatable bonds is 4. The van der Waals surface area contributed by atoms with Crippen molar-refractivity contribution in [1.29, 1.82) is 0 Å². The number of anilines is 1. The molecule has 21 heavy (non-hydrogen) atoms. The second-order valence-corrected chi connectivity index (χ2v) is 6.38. The van der Waals surface area contributed by atoms with Gasteiger partial charge in [0.1, 0.15) is 5.76 Å². The van der Waals surface area contributed by atoms with E-state index in [2.05, 4.69) is 4.72 Å². The molecule has 0 atom stereocenters. The van der Waals surface area contributed by atoms with Crippen LogP contribution in [0.2, 0.25) is 0 Å². The summed E-state index contributed by atoms with van der Waals surface area (Å²) in [7, 11) is -3.63. The minimum atomic E-state index is -3.63. The summed E-state index contributed by atoms with van der Waals surface area (Å²) in [4.78, 5) is 0.228. The quantitative estimate of drug-likeness (QED) is 0.725. The van der Waals surface area contributed by atoms with Gasteiger partial charge in [-0.25, -0.2) is 13.1 Å². The minimum absolute atomic E-state index is 0.112. The lowest BCUT2D eigenvalue weighted by molar-refractivity contribution is 0.499. The third kappa shape index (κ3) is 2.76. The van der Waals surface area contributed by atoms with Crippen LogP contribution in [0.5, 0.6) is 0 Å². The van der Waals surface area contributed by atoms with Crippen LogP contribution in [0, 0.1) is 0 Å². The van der Waals surface area contributed by atoms with E-state index in [1.807, 2.05) is 6.07 Å². The Bertz CT molecular complexity index is 871. The summed E-state index contributed by atoms with van der Waals surface area (Å²) in [6.45, 7) is 0.112. The Hall–Kier alpha value is -2.31. The summed E-state index contributed by atoms with van der Waals surface area (Å²) < 4.78 is 32.5. The molecule has 108 valence electrons.